The van der Waals surface area contributed by atoms with Gasteiger partial charge in [-0.05, 0) is 56.0 Å². The van der Waals surface area contributed by atoms with E-state index in [1.807, 2.05) is 17.6 Å². The summed E-state index contributed by atoms with van der Waals surface area (Å²) in [6, 6.07) is 8.27. The van der Waals surface area contributed by atoms with E-state index in [-0.39, 0.29) is 12.4 Å². The van der Waals surface area contributed by atoms with Crippen LogP contribution >= 0.6 is 35.3 Å². The molecule has 0 bridgehead atoms. The number of aryl methyl sites for hydroxylation is 1. The van der Waals surface area contributed by atoms with Gasteiger partial charge in [-0.2, -0.15) is 0 Å². The molecule has 2 atom stereocenters. The Morgan fingerprint density at radius 1 is 1.44 bits per heavy atom. The molecular weight excluding hydrogens is 373 g/mol. The van der Waals surface area contributed by atoms with Crippen LogP contribution in [-0.2, 0) is 6.54 Å². The molecule has 0 aliphatic carbocycles. The number of thiazole rings is 1. The molecule has 2 aromatic rings. The highest BCUT2D eigenvalue weighted by atomic mass is 35.5. The van der Waals surface area contributed by atoms with Crippen molar-refractivity contribution in [1.82, 2.24) is 15.2 Å². The first-order valence-electron chi connectivity index (χ1n) is 8.69. The van der Waals surface area contributed by atoms with Gasteiger partial charge in [0.25, 0.3) is 0 Å². The van der Waals surface area contributed by atoms with E-state index in [9.17, 15) is 0 Å². The lowest BCUT2D eigenvalue weighted by molar-refractivity contribution is 0.220. The molecule has 2 unspecified atom stereocenters. The lowest BCUT2D eigenvalue weighted by Gasteiger charge is -2.28. The van der Waals surface area contributed by atoms with Gasteiger partial charge in [-0.15, -0.1) is 23.7 Å². The Kier molecular flexibility index (Phi) is 8.17. The van der Waals surface area contributed by atoms with Crippen molar-refractivity contribution in [2.24, 2.45) is 5.92 Å². The topological polar surface area (TPSA) is 28.2 Å². The molecule has 3 nitrogen and oxygen atoms in total. The number of benzene rings is 1. The minimum Gasteiger partial charge on any atom is -0.316 e. The molecule has 1 aliphatic heterocycles. The third kappa shape index (κ3) is 5.93. The molecule has 2 heterocycles. The summed E-state index contributed by atoms with van der Waals surface area (Å²) < 4.78 is 0. The van der Waals surface area contributed by atoms with Gasteiger partial charge >= 0.3 is 0 Å². The average Bonchev–Trinajstić information content (AvgIpc) is 3.20. The number of rotatable bonds is 7. The van der Waals surface area contributed by atoms with Crippen LogP contribution in [0.1, 0.15) is 35.4 Å². The first-order valence-corrected chi connectivity index (χ1v) is 9.95. The van der Waals surface area contributed by atoms with Gasteiger partial charge in [0, 0.05) is 29.5 Å². The summed E-state index contributed by atoms with van der Waals surface area (Å²) >= 11 is 7.94. The molecule has 1 aliphatic rings. The van der Waals surface area contributed by atoms with E-state index in [1.54, 1.807) is 11.3 Å². The highest BCUT2D eigenvalue weighted by molar-refractivity contribution is 7.09. The monoisotopic (exact) mass is 399 g/mol. The molecule has 6 heteroatoms. The van der Waals surface area contributed by atoms with Gasteiger partial charge in [-0.1, -0.05) is 30.7 Å². The lowest BCUT2D eigenvalue weighted by atomic mass is 9.99. The summed E-state index contributed by atoms with van der Waals surface area (Å²) in [7, 11) is 0. The molecule has 0 amide bonds. The number of nitrogens with zero attached hydrogens (tertiary/aromatic N) is 2. The van der Waals surface area contributed by atoms with Crippen molar-refractivity contribution in [1.29, 1.82) is 0 Å². The molecule has 25 heavy (non-hydrogen) atoms. The zero-order valence-electron chi connectivity index (χ0n) is 14.9. The van der Waals surface area contributed by atoms with Crippen LogP contribution in [0, 0.1) is 12.8 Å². The van der Waals surface area contributed by atoms with E-state index in [4.69, 9.17) is 11.6 Å². The SMILES string of the molecule is Cc1ncsc1CN(CC1CCNC1)CC(C)c1cccc(Cl)c1.Cl. The van der Waals surface area contributed by atoms with Gasteiger partial charge in [-0.25, -0.2) is 4.98 Å². The highest BCUT2D eigenvalue weighted by Crippen LogP contribution is 2.24. The molecule has 1 aromatic carbocycles. The van der Waals surface area contributed by atoms with Gasteiger partial charge in [0.05, 0.1) is 11.2 Å². The normalized spacial score (nSPS) is 18.3. The second-order valence-electron chi connectivity index (χ2n) is 6.87. The summed E-state index contributed by atoms with van der Waals surface area (Å²) in [4.78, 5) is 8.40. The van der Waals surface area contributed by atoms with E-state index in [1.165, 1.54) is 22.6 Å². The van der Waals surface area contributed by atoms with E-state index in [2.05, 4.69) is 41.2 Å². The predicted molar refractivity (Wildman–Crippen MR) is 110 cm³/mol. The van der Waals surface area contributed by atoms with Gasteiger partial charge < -0.3 is 5.32 Å². The lowest BCUT2D eigenvalue weighted by Crippen LogP contribution is -2.33. The van der Waals surface area contributed by atoms with Gasteiger partial charge in [0.1, 0.15) is 0 Å². The fourth-order valence-corrected chi connectivity index (χ4v) is 4.44. The fourth-order valence-electron chi connectivity index (χ4n) is 3.43. The Labute approximate surface area is 166 Å². The van der Waals surface area contributed by atoms with E-state index in [0.717, 1.165) is 43.7 Å². The van der Waals surface area contributed by atoms with Crippen molar-refractivity contribution < 1.29 is 0 Å². The van der Waals surface area contributed by atoms with Crippen LogP contribution in [-0.4, -0.2) is 36.1 Å². The summed E-state index contributed by atoms with van der Waals surface area (Å²) in [6.45, 7) is 9.90. The number of hydrogen-bond donors (Lipinski definition) is 1. The Hall–Kier alpha value is -0.650. The van der Waals surface area contributed by atoms with Gasteiger partial charge in [-0.3, -0.25) is 4.90 Å². The van der Waals surface area contributed by atoms with Gasteiger partial charge in [0.15, 0.2) is 0 Å². The number of halogens is 2. The first kappa shape index (κ1) is 20.7. The van der Waals surface area contributed by atoms with Crippen molar-refractivity contribution in [3.8, 4) is 0 Å². The van der Waals surface area contributed by atoms with Crippen LogP contribution < -0.4 is 5.32 Å². The maximum atomic E-state index is 6.17. The third-order valence-corrected chi connectivity index (χ3v) is 6.00. The minimum absolute atomic E-state index is 0. The number of aromatic nitrogens is 1. The van der Waals surface area contributed by atoms with Crippen LogP contribution in [0.5, 0.6) is 0 Å². The van der Waals surface area contributed by atoms with E-state index >= 15 is 0 Å². The Bertz CT molecular complexity index is 656. The Balaban J connectivity index is 0.00000225. The zero-order valence-corrected chi connectivity index (χ0v) is 17.3. The summed E-state index contributed by atoms with van der Waals surface area (Å²) in [5, 5.41) is 4.31. The second-order valence-corrected chi connectivity index (χ2v) is 8.25. The Morgan fingerprint density at radius 2 is 2.28 bits per heavy atom. The van der Waals surface area contributed by atoms with Gasteiger partial charge in [0.2, 0.25) is 0 Å². The van der Waals surface area contributed by atoms with E-state index in [0.29, 0.717) is 5.92 Å². The minimum atomic E-state index is 0. The average molecular weight is 400 g/mol. The number of nitrogens with one attached hydrogen (secondary N) is 1. The summed E-state index contributed by atoms with van der Waals surface area (Å²) in [5.41, 5.74) is 4.45. The van der Waals surface area contributed by atoms with Crippen molar-refractivity contribution in [3.63, 3.8) is 0 Å². The van der Waals surface area contributed by atoms with Crippen LogP contribution in [0.4, 0.5) is 0 Å². The molecule has 1 aromatic heterocycles. The van der Waals surface area contributed by atoms with E-state index < -0.39 is 0 Å². The smallest absolute Gasteiger partial charge is 0.0798 e. The first-order chi connectivity index (χ1) is 11.6. The van der Waals surface area contributed by atoms with Crippen LogP contribution in [0.25, 0.3) is 0 Å². The van der Waals surface area contributed by atoms with Crippen LogP contribution in [0.2, 0.25) is 5.02 Å². The highest BCUT2D eigenvalue weighted by Gasteiger charge is 2.21. The van der Waals surface area contributed by atoms with Crippen molar-refractivity contribution in [2.75, 3.05) is 26.2 Å². The number of hydrogen-bond acceptors (Lipinski definition) is 4. The molecule has 1 saturated heterocycles. The molecule has 0 saturated carbocycles. The van der Waals surface area contributed by atoms with Crippen molar-refractivity contribution in [3.05, 3.63) is 50.9 Å². The zero-order chi connectivity index (χ0) is 16.9. The maximum absolute atomic E-state index is 6.17. The van der Waals surface area contributed by atoms with Crippen LogP contribution in [0.15, 0.2) is 29.8 Å². The molecule has 0 radical (unpaired) electrons. The molecule has 138 valence electrons. The predicted octanol–water partition coefficient (Wildman–Crippen LogP) is 4.74. The summed E-state index contributed by atoms with van der Waals surface area (Å²) in [5.74, 6) is 1.22. The van der Waals surface area contributed by atoms with Crippen molar-refractivity contribution >= 4 is 35.3 Å². The molecule has 1 fully saturated rings. The Morgan fingerprint density at radius 3 is 2.92 bits per heavy atom. The quantitative estimate of drug-likeness (QED) is 0.728. The standard InChI is InChI=1S/C19H26ClN3S.ClH/c1-14(17-4-3-5-18(20)8-17)10-23(11-16-6-7-21-9-16)12-19-15(2)22-13-24-19;/h3-5,8,13-14,16,21H,6-7,9-12H2,1-2H3;1H. The molecule has 3 rings (SSSR count). The second kappa shape index (κ2) is 9.89. The largest absolute Gasteiger partial charge is 0.316 e. The summed E-state index contributed by atoms with van der Waals surface area (Å²) in [6.07, 6.45) is 1.28. The maximum Gasteiger partial charge on any atom is 0.0798 e. The van der Waals surface area contributed by atoms with Crippen molar-refractivity contribution in [2.45, 2.75) is 32.7 Å². The molecule has 0 spiro atoms. The fraction of sp³-hybridized carbons (Fsp3) is 0.526. The third-order valence-electron chi connectivity index (χ3n) is 4.84. The molecular formula is C19H27Cl2N3S. The van der Waals surface area contributed by atoms with Crippen LogP contribution in [0.3, 0.4) is 0 Å². The molecule has 1 N–H and O–H groups in total.